The van der Waals surface area contributed by atoms with Crippen LogP contribution in [0.1, 0.15) is 58.3 Å². The van der Waals surface area contributed by atoms with Gasteiger partial charge in [-0.1, -0.05) is 26.2 Å². The van der Waals surface area contributed by atoms with Crippen molar-refractivity contribution in [2.75, 3.05) is 35.9 Å². The van der Waals surface area contributed by atoms with E-state index in [-0.39, 0.29) is 18.0 Å². The molecule has 4 N–H and O–H groups in total. The van der Waals surface area contributed by atoms with Gasteiger partial charge >= 0.3 is 0 Å². The van der Waals surface area contributed by atoms with E-state index in [0.29, 0.717) is 29.4 Å². The molecule has 33 heavy (non-hydrogen) atoms. The van der Waals surface area contributed by atoms with Crippen molar-refractivity contribution in [2.45, 2.75) is 70.4 Å². The van der Waals surface area contributed by atoms with E-state index < -0.39 is 6.86 Å². The van der Waals surface area contributed by atoms with E-state index >= 15 is 0 Å². The average molecular weight is 459 g/mol. The third-order valence-corrected chi connectivity index (χ3v) is 6.63. The van der Waals surface area contributed by atoms with Gasteiger partial charge in [-0.25, -0.2) is 9.37 Å². The van der Waals surface area contributed by atoms with Crippen molar-refractivity contribution in [3.63, 3.8) is 0 Å². The first kappa shape index (κ1) is 23.4. The number of anilines is 4. The summed E-state index contributed by atoms with van der Waals surface area (Å²) < 4.78 is 17.9. The first-order chi connectivity index (χ1) is 16.2. The van der Waals surface area contributed by atoms with Crippen LogP contribution in [-0.4, -0.2) is 52.0 Å². The van der Waals surface area contributed by atoms with Gasteiger partial charge in [0.2, 0.25) is 24.7 Å². The topological polar surface area (TPSA) is 114 Å². The van der Waals surface area contributed by atoms with Crippen molar-refractivity contribution in [2.24, 2.45) is 5.92 Å². The zero-order valence-corrected chi connectivity index (χ0v) is 19.3. The molecule has 1 aliphatic carbocycles. The van der Waals surface area contributed by atoms with Crippen LogP contribution in [0, 0.1) is 5.92 Å². The van der Waals surface area contributed by atoms with E-state index in [2.05, 4.69) is 32.5 Å². The van der Waals surface area contributed by atoms with E-state index in [0.717, 1.165) is 32.4 Å². The Balaban J connectivity index is 1.65. The highest BCUT2D eigenvalue weighted by molar-refractivity contribution is 5.58. The fraction of sp³-hybridized carbons (Fsp3) is 0.652. The highest BCUT2D eigenvalue weighted by atomic mass is 19.1. The van der Waals surface area contributed by atoms with Gasteiger partial charge in [-0.2, -0.15) is 15.0 Å². The zero-order valence-electron chi connectivity index (χ0n) is 19.3. The number of hydrogen-bond donors (Lipinski definition) is 3. The molecule has 1 saturated heterocycles. The summed E-state index contributed by atoms with van der Waals surface area (Å²) >= 11 is 0. The summed E-state index contributed by atoms with van der Waals surface area (Å²) in [5.41, 5.74) is 6.12. The zero-order chi connectivity index (χ0) is 23.0. The Kier molecular flexibility index (Phi) is 8.09. The fourth-order valence-corrected chi connectivity index (χ4v) is 4.99. The summed E-state index contributed by atoms with van der Waals surface area (Å²) in [6.07, 6.45) is 10.9. The second kappa shape index (κ2) is 11.4. The molecule has 1 aliphatic heterocycles. The van der Waals surface area contributed by atoms with Gasteiger partial charge < -0.3 is 21.1 Å². The van der Waals surface area contributed by atoms with Gasteiger partial charge in [-0.15, -0.1) is 0 Å². The fourth-order valence-electron chi connectivity index (χ4n) is 4.99. The molecule has 0 spiro atoms. The Morgan fingerprint density at radius 3 is 2.79 bits per heavy atom. The molecule has 10 heteroatoms. The largest absolute Gasteiger partial charge is 0.463 e. The molecule has 2 fully saturated rings. The van der Waals surface area contributed by atoms with Crippen LogP contribution in [0.15, 0.2) is 18.3 Å². The molecule has 0 radical (unpaired) electrons. The molecule has 2 aliphatic rings. The maximum Gasteiger partial charge on any atom is 0.238 e. The van der Waals surface area contributed by atoms with Gasteiger partial charge in [0.1, 0.15) is 11.6 Å². The standard InChI is InChI=1S/C23H35FN8O/c1-2-19(18-9-6-11-26-18)32(20-13-17(33-15-24)10-12-27-20)23-30-21(25)29-22(31-23)28-14-16-7-4-3-5-8-16/h10,12-13,16,18-19,26H,2-9,11,14-15H2,1H3,(H3,25,28,29,30,31). The normalized spacial score (nSPS) is 19.9. The molecule has 180 valence electrons. The Hall–Kier alpha value is -2.75. The second-order valence-corrected chi connectivity index (χ2v) is 8.85. The summed E-state index contributed by atoms with van der Waals surface area (Å²) in [5.74, 6) is 2.67. The Bertz CT molecular complexity index is 889. The minimum Gasteiger partial charge on any atom is -0.463 e. The first-order valence-corrected chi connectivity index (χ1v) is 12.1. The highest BCUT2D eigenvalue weighted by Crippen LogP contribution is 2.31. The molecule has 0 aromatic carbocycles. The number of nitrogens with two attached hydrogens (primary N) is 1. The molecule has 2 aromatic heterocycles. The van der Waals surface area contributed by atoms with Crippen molar-refractivity contribution in [1.82, 2.24) is 25.3 Å². The molecule has 0 amide bonds. The van der Waals surface area contributed by atoms with Crippen molar-refractivity contribution >= 4 is 23.7 Å². The van der Waals surface area contributed by atoms with E-state index in [1.54, 1.807) is 18.3 Å². The smallest absolute Gasteiger partial charge is 0.238 e. The third-order valence-electron chi connectivity index (χ3n) is 6.63. The minimum atomic E-state index is -0.904. The quantitative estimate of drug-likeness (QED) is 0.489. The lowest BCUT2D eigenvalue weighted by Crippen LogP contribution is -2.46. The number of nitrogens with one attached hydrogen (secondary N) is 2. The van der Waals surface area contributed by atoms with Crippen LogP contribution in [0.4, 0.5) is 28.1 Å². The van der Waals surface area contributed by atoms with Gasteiger partial charge in [-0.05, 0) is 50.6 Å². The Labute approximate surface area is 194 Å². The molecular weight excluding hydrogens is 423 g/mol. The average Bonchev–Trinajstić information content (AvgIpc) is 3.36. The molecule has 2 unspecified atom stereocenters. The highest BCUT2D eigenvalue weighted by Gasteiger charge is 2.32. The maximum atomic E-state index is 12.8. The summed E-state index contributed by atoms with van der Waals surface area (Å²) in [4.78, 5) is 20.1. The maximum absolute atomic E-state index is 12.8. The number of aromatic nitrogens is 4. The molecule has 4 rings (SSSR count). The van der Waals surface area contributed by atoms with Crippen molar-refractivity contribution in [3.05, 3.63) is 18.3 Å². The molecule has 3 heterocycles. The minimum absolute atomic E-state index is 0.0358. The number of nitrogen functional groups attached to an aromatic ring is 1. The van der Waals surface area contributed by atoms with Gasteiger partial charge in [0, 0.05) is 24.8 Å². The number of nitrogens with zero attached hydrogens (tertiary/aromatic N) is 5. The van der Waals surface area contributed by atoms with Gasteiger partial charge in [0.05, 0.1) is 6.04 Å². The van der Waals surface area contributed by atoms with Gasteiger partial charge in [0.25, 0.3) is 0 Å². The van der Waals surface area contributed by atoms with Crippen LogP contribution in [0.2, 0.25) is 0 Å². The third kappa shape index (κ3) is 5.98. The van der Waals surface area contributed by atoms with E-state index in [1.165, 1.54) is 32.1 Å². The molecule has 2 aromatic rings. The number of ether oxygens (including phenoxy) is 1. The summed E-state index contributed by atoms with van der Waals surface area (Å²) in [5, 5.41) is 6.97. The number of pyridine rings is 1. The van der Waals surface area contributed by atoms with Crippen LogP contribution in [0.25, 0.3) is 0 Å². The van der Waals surface area contributed by atoms with Crippen molar-refractivity contribution in [1.29, 1.82) is 0 Å². The summed E-state index contributed by atoms with van der Waals surface area (Å²) in [6.45, 7) is 3.02. The van der Waals surface area contributed by atoms with E-state index in [9.17, 15) is 4.39 Å². The molecule has 9 nitrogen and oxygen atoms in total. The number of halogens is 1. The van der Waals surface area contributed by atoms with Crippen LogP contribution in [-0.2, 0) is 0 Å². The number of alkyl halides is 1. The lowest BCUT2D eigenvalue weighted by Gasteiger charge is -2.34. The molecule has 1 saturated carbocycles. The Morgan fingerprint density at radius 1 is 1.21 bits per heavy atom. The number of rotatable bonds is 10. The first-order valence-electron chi connectivity index (χ1n) is 12.1. The van der Waals surface area contributed by atoms with E-state index in [4.69, 9.17) is 15.5 Å². The van der Waals surface area contributed by atoms with Crippen LogP contribution in [0.3, 0.4) is 0 Å². The SMILES string of the molecule is CCC(C1CCCN1)N(c1cc(OCF)ccn1)c1nc(N)nc(NCC2CCCCC2)n1. The van der Waals surface area contributed by atoms with Crippen molar-refractivity contribution < 1.29 is 9.13 Å². The molecule has 0 bridgehead atoms. The van der Waals surface area contributed by atoms with Gasteiger partial charge in [0.15, 0.2) is 0 Å². The molecule has 2 atom stereocenters. The second-order valence-electron chi connectivity index (χ2n) is 8.85. The van der Waals surface area contributed by atoms with Crippen LogP contribution in [0.5, 0.6) is 5.75 Å². The predicted octanol–water partition coefficient (Wildman–Crippen LogP) is 3.82. The van der Waals surface area contributed by atoms with E-state index in [1.807, 2.05) is 4.90 Å². The summed E-state index contributed by atoms with van der Waals surface area (Å²) in [7, 11) is 0. The van der Waals surface area contributed by atoms with Crippen molar-refractivity contribution in [3.8, 4) is 5.75 Å². The lowest BCUT2D eigenvalue weighted by molar-refractivity contribution is 0.191. The Morgan fingerprint density at radius 2 is 2.06 bits per heavy atom. The number of hydrogen-bond acceptors (Lipinski definition) is 9. The lowest BCUT2D eigenvalue weighted by atomic mass is 9.89. The molecular formula is C23H35FN8O. The monoisotopic (exact) mass is 458 g/mol. The van der Waals surface area contributed by atoms with Crippen LogP contribution < -0.4 is 26.0 Å². The summed E-state index contributed by atoms with van der Waals surface area (Å²) in [6, 6.07) is 3.63. The van der Waals surface area contributed by atoms with Gasteiger partial charge in [-0.3, -0.25) is 4.90 Å². The van der Waals surface area contributed by atoms with Crippen LogP contribution >= 0.6 is 0 Å². The predicted molar refractivity (Wildman–Crippen MR) is 127 cm³/mol.